The van der Waals surface area contributed by atoms with Crippen molar-refractivity contribution in [3.63, 3.8) is 0 Å². The number of hydrogen-bond acceptors (Lipinski definition) is 5. The van der Waals surface area contributed by atoms with Gasteiger partial charge in [0.15, 0.2) is 5.69 Å². The van der Waals surface area contributed by atoms with E-state index in [-0.39, 0.29) is 12.2 Å². The molecule has 0 aliphatic rings. The molecule has 0 saturated carbocycles. The molecule has 0 bridgehead atoms. The van der Waals surface area contributed by atoms with E-state index in [4.69, 9.17) is 10.8 Å². The molecule has 7 heteroatoms. The fourth-order valence-electron chi connectivity index (χ4n) is 1.73. The van der Waals surface area contributed by atoms with Gasteiger partial charge in [0.25, 0.3) is 0 Å². The van der Waals surface area contributed by atoms with E-state index in [1.165, 1.54) is 6.07 Å². The quantitative estimate of drug-likeness (QED) is 0.503. The molecule has 2 aromatic rings. The van der Waals surface area contributed by atoms with Gasteiger partial charge in [-0.2, -0.15) is 5.10 Å². The number of aliphatic hydroxyl groups excluding tert-OH is 2. The van der Waals surface area contributed by atoms with Crippen LogP contribution in [0.4, 0.5) is 0 Å². The number of nitrogens with one attached hydrogen (secondary N) is 1. The molecule has 0 amide bonds. The number of nitrogens with two attached hydrogens (primary N) is 1. The lowest BCUT2D eigenvalue weighted by Crippen LogP contribution is -2.27. The Balaban J connectivity index is 2.48. The molecule has 2 unspecified atom stereocenters. The van der Waals surface area contributed by atoms with E-state index < -0.39 is 18.2 Å². The standard InChI is InChI=1S/C11H13N3O4/c12-4-8(15)10(16)5-1-2-7-6(3-5)9(11(17)18)14-13-7/h1-3,8,10,15-16H,4,12H2,(H,13,14)(H,17,18). The van der Waals surface area contributed by atoms with Crippen LogP contribution in [0.3, 0.4) is 0 Å². The molecule has 2 atom stereocenters. The van der Waals surface area contributed by atoms with Crippen molar-refractivity contribution in [3.8, 4) is 0 Å². The number of hydrogen-bond donors (Lipinski definition) is 5. The Morgan fingerprint density at radius 3 is 2.78 bits per heavy atom. The van der Waals surface area contributed by atoms with Crippen LogP contribution in [0.15, 0.2) is 18.2 Å². The van der Waals surface area contributed by atoms with Gasteiger partial charge in [0, 0.05) is 11.9 Å². The van der Waals surface area contributed by atoms with Crippen LogP contribution < -0.4 is 5.73 Å². The maximum atomic E-state index is 10.9. The zero-order chi connectivity index (χ0) is 13.3. The second-order valence-corrected chi connectivity index (χ2v) is 3.93. The minimum atomic E-state index is -1.16. The van der Waals surface area contributed by atoms with Gasteiger partial charge in [0.05, 0.1) is 11.6 Å². The Labute approximate surface area is 102 Å². The SMILES string of the molecule is NCC(O)C(O)c1ccc2[nH]nc(C(=O)O)c2c1. The van der Waals surface area contributed by atoms with Crippen LogP contribution >= 0.6 is 0 Å². The fourth-order valence-corrected chi connectivity index (χ4v) is 1.73. The number of carbonyl (C=O) groups is 1. The number of nitrogens with zero attached hydrogens (tertiary/aromatic N) is 1. The predicted molar refractivity (Wildman–Crippen MR) is 63.1 cm³/mol. The summed E-state index contributed by atoms with van der Waals surface area (Å²) in [5.74, 6) is -1.16. The summed E-state index contributed by atoms with van der Waals surface area (Å²) in [7, 11) is 0. The molecule has 0 aliphatic heterocycles. The van der Waals surface area contributed by atoms with Crippen molar-refractivity contribution >= 4 is 16.9 Å². The zero-order valence-electron chi connectivity index (χ0n) is 9.37. The topological polar surface area (TPSA) is 132 Å². The highest BCUT2D eigenvalue weighted by molar-refractivity contribution is 6.01. The van der Waals surface area contributed by atoms with Gasteiger partial charge in [-0.25, -0.2) is 4.79 Å². The molecule has 0 saturated heterocycles. The van der Waals surface area contributed by atoms with Crippen LogP contribution in [0.25, 0.3) is 10.9 Å². The first-order valence-corrected chi connectivity index (χ1v) is 5.32. The number of carboxylic acids is 1. The first-order valence-electron chi connectivity index (χ1n) is 5.32. The Morgan fingerprint density at radius 2 is 2.17 bits per heavy atom. The van der Waals surface area contributed by atoms with Crippen LogP contribution in [-0.2, 0) is 0 Å². The highest BCUT2D eigenvalue weighted by Crippen LogP contribution is 2.23. The summed E-state index contributed by atoms with van der Waals surface area (Å²) in [5.41, 5.74) is 6.07. The van der Waals surface area contributed by atoms with Crippen LogP contribution in [0.2, 0.25) is 0 Å². The van der Waals surface area contributed by atoms with E-state index in [1.807, 2.05) is 0 Å². The third-order valence-electron chi connectivity index (χ3n) is 2.74. The maximum Gasteiger partial charge on any atom is 0.357 e. The number of aromatic carboxylic acids is 1. The Hall–Kier alpha value is -1.96. The van der Waals surface area contributed by atoms with Crippen LogP contribution in [0, 0.1) is 0 Å². The van der Waals surface area contributed by atoms with Crippen LogP contribution in [0.5, 0.6) is 0 Å². The van der Waals surface area contributed by atoms with Gasteiger partial charge in [-0.3, -0.25) is 5.10 Å². The van der Waals surface area contributed by atoms with Gasteiger partial charge < -0.3 is 21.1 Å². The summed E-state index contributed by atoms with van der Waals surface area (Å²) < 4.78 is 0. The number of fused-ring (bicyclic) bond motifs is 1. The van der Waals surface area contributed by atoms with Crippen molar-refractivity contribution in [2.75, 3.05) is 6.54 Å². The van der Waals surface area contributed by atoms with Crippen molar-refractivity contribution in [2.24, 2.45) is 5.73 Å². The molecule has 18 heavy (non-hydrogen) atoms. The smallest absolute Gasteiger partial charge is 0.357 e. The average molecular weight is 251 g/mol. The molecule has 7 nitrogen and oxygen atoms in total. The normalized spacial score (nSPS) is 14.6. The summed E-state index contributed by atoms with van der Waals surface area (Å²) in [6.45, 7) is -0.0869. The number of aromatic amines is 1. The average Bonchev–Trinajstić information content (AvgIpc) is 2.79. The Kier molecular flexibility index (Phi) is 3.28. The predicted octanol–water partition coefficient (Wildman–Crippen LogP) is -0.386. The van der Waals surface area contributed by atoms with E-state index >= 15 is 0 Å². The number of rotatable bonds is 4. The van der Waals surface area contributed by atoms with E-state index in [1.54, 1.807) is 12.1 Å². The molecule has 0 spiro atoms. The van der Waals surface area contributed by atoms with Gasteiger partial charge in [-0.15, -0.1) is 0 Å². The lowest BCUT2D eigenvalue weighted by Gasteiger charge is -2.16. The third kappa shape index (κ3) is 2.06. The summed E-state index contributed by atoms with van der Waals surface area (Å²) in [6, 6.07) is 4.65. The number of benzene rings is 1. The molecule has 1 heterocycles. The molecule has 1 aromatic carbocycles. The van der Waals surface area contributed by atoms with Gasteiger partial charge >= 0.3 is 5.97 Å². The fraction of sp³-hybridized carbons (Fsp3) is 0.273. The summed E-state index contributed by atoms with van der Waals surface area (Å²) in [4.78, 5) is 10.9. The number of carboxylic acid groups (broad SMARTS) is 1. The molecule has 0 fully saturated rings. The lowest BCUT2D eigenvalue weighted by atomic mass is 10.0. The van der Waals surface area contributed by atoms with E-state index in [0.717, 1.165) is 0 Å². The summed E-state index contributed by atoms with van der Waals surface area (Å²) in [6.07, 6.45) is -2.25. The van der Waals surface area contributed by atoms with E-state index in [2.05, 4.69) is 10.2 Å². The van der Waals surface area contributed by atoms with Crippen molar-refractivity contribution in [1.82, 2.24) is 10.2 Å². The first kappa shape index (κ1) is 12.5. The van der Waals surface area contributed by atoms with Gasteiger partial charge in [0.2, 0.25) is 0 Å². The Morgan fingerprint density at radius 1 is 1.44 bits per heavy atom. The highest BCUT2D eigenvalue weighted by atomic mass is 16.4. The van der Waals surface area contributed by atoms with E-state index in [9.17, 15) is 15.0 Å². The second kappa shape index (κ2) is 4.73. The van der Waals surface area contributed by atoms with Gasteiger partial charge in [-0.05, 0) is 17.7 Å². The number of H-pyrrole nitrogens is 1. The maximum absolute atomic E-state index is 10.9. The lowest BCUT2D eigenvalue weighted by molar-refractivity contribution is 0.0244. The molecule has 0 radical (unpaired) electrons. The number of aromatic nitrogens is 2. The summed E-state index contributed by atoms with van der Waals surface area (Å²) in [5, 5.41) is 34.8. The molecular weight excluding hydrogens is 238 g/mol. The third-order valence-corrected chi connectivity index (χ3v) is 2.74. The first-order chi connectivity index (χ1) is 8.54. The monoisotopic (exact) mass is 251 g/mol. The minimum absolute atomic E-state index is 0.0869. The highest BCUT2D eigenvalue weighted by Gasteiger charge is 2.19. The number of aliphatic hydroxyl groups is 2. The Bertz CT molecular complexity index is 581. The van der Waals surface area contributed by atoms with E-state index in [0.29, 0.717) is 16.5 Å². The van der Waals surface area contributed by atoms with Crippen LogP contribution in [-0.4, -0.2) is 44.1 Å². The van der Waals surface area contributed by atoms with Crippen molar-refractivity contribution in [3.05, 3.63) is 29.5 Å². The van der Waals surface area contributed by atoms with Gasteiger partial charge in [0.1, 0.15) is 6.10 Å². The molecule has 0 aliphatic carbocycles. The molecule has 96 valence electrons. The molecule has 6 N–H and O–H groups in total. The molecular formula is C11H13N3O4. The van der Waals surface area contributed by atoms with Crippen LogP contribution in [0.1, 0.15) is 22.2 Å². The van der Waals surface area contributed by atoms with Crippen molar-refractivity contribution < 1.29 is 20.1 Å². The molecule has 2 rings (SSSR count). The zero-order valence-corrected chi connectivity index (χ0v) is 9.37. The van der Waals surface area contributed by atoms with Crippen molar-refractivity contribution in [1.29, 1.82) is 0 Å². The van der Waals surface area contributed by atoms with Crippen molar-refractivity contribution in [2.45, 2.75) is 12.2 Å². The largest absolute Gasteiger partial charge is 0.476 e. The summed E-state index contributed by atoms with van der Waals surface area (Å²) >= 11 is 0. The minimum Gasteiger partial charge on any atom is -0.476 e. The molecule has 1 aromatic heterocycles. The van der Waals surface area contributed by atoms with Gasteiger partial charge in [-0.1, -0.05) is 6.07 Å². The second-order valence-electron chi connectivity index (χ2n) is 3.93.